The molecule has 1 aromatic heterocycles. The number of hydrogen-bond acceptors (Lipinski definition) is 3. The van der Waals surface area contributed by atoms with Crippen LogP contribution in [0.5, 0.6) is 0 Å². The summed E-state index contributed by atoms with van der Waals surface area (Å²) in [5.74, 6) is 0.656. The number of halogens is 1. The highest BCUT2D eigenvalue weighted by molar-refractivity contribution is 6.05. The lowest BCUT2D eigenvalue weighted by Gasteiger charge is -2.44. The number of carbonyl (C=O) groups is 1. The number of H-pyrrole nitrogens is 1. The monoisotopic (exact) mass is 306 g/mol. The van der Waals surface area contributed by atoms with E-state index in [0.717, 1.165) is 17.4 Å². The lowest BCUT2D eigenvalue weighted by atomic mass is 9.84. The van der Waals surface area contributed by atoms with Crippen LogP contribution >= 0.6 is 12.4 Å². The van der Waals surface area contributed by atoms with E-state index < -0.39 is 0 Å². The molecule has 5 nitrogen and oxygen atoms in total. The molecule has 3 fully saturated rings. The molecule has 2 aromatic rings. The molecular weight excluding hydrogens is 288 g/mol. The zero-order valence-electron chi connectivity index (χ0n) is 11.7. The molecule has 21 heavy (non-hydrogen) atoms. The number of fused-ring (bicyclic) bond motifs is 4. The van der Waals surface area contributed by atoms with E-state index >= 15 is 0 Å². The van der Waals surface area contributed by atoms with Crippen LogP contribution in [0.4, 0.5) is 0 Å². The van der Waals surface area contributed by atoms with E-state index in [2.05, 4.69) is 20.4 Å². The van der Waals surface area contributed by atoms with Crippen LogP contribution in [0.25, 0.3) is 10.9 Å². The summed E-state index contributed by atoms with van der Waals surface area (Å²) in [4.78, 5) is 15.0. The first kappa shape index (κ1) is 14.4. The van der Waals surface area contributed by atoms with Crippen molar-refractivity contribution in [2.24, 2.45) is 5.92 Å². The van der Waals surface area contributed by atoms with Gasteiger partial charge in [-0.3, -0.25) is 9.89 Å². The summed E-state index contributed by atoms with van der Waals surface area (Å²) in [6.07, 6.45) is 4.17. The van der Waals surface area contributed by atoms with Crippen molar-refractivity contribution in [3.05, 3.63) is 30.0 Å². The van der Waals surface area contributed by atoms with Crippen LogP contribution in [0.3, 0.4) is 0 Å². The third-order valence-corrected chi connectivity index (χ3v) is 4.69. The molecule has 3 aliphatic heterocycles. The molecule has 1 aromatic carbocycles. The van der Waals surface area contributed by atoms with Crippen molar-refractivity contribution in [3.63, 3.8) is 0 Å². The van der Waals surface area contributed by atoms with Crippen molar-refractivity contribution >= 4 is 29.2 Å². The van der Waals surface area contributed by atoms with Gasteiger partial charge in [-0.05, 0) is 37.9 Å². The first-order valence-corrected chi connectivity index (χ1v) is 7.26. The quantitative estimate of drug-likeness (QED) is 0.889. The second-order valence-electron chi connectivity index (χ2n) is 5.86. The third kappa shape index (κ3) is 2.51. The number of aromatic nitrogens is 2. The van der Waals surface area contributed by atoms with Gasteiger partial charge in [-0.1, -0.05) is 12.1 Å². The van der Waals surface area contributed by atoms with Crippen molar-refractivity contribution in [1.29, 1.82) is 0 Å². The molecule has 0 spiro atoms. The fraction of sp³-hybridized carbons (Fsp3) is 0.467. The number of carbonyl (C=O) groups excluding carboxylic acids is 1. The van der Waals surface area contributed by atoms with E-state index in [1.165, 1.54) is 25.9 Å². The maximum Gasteiger partial charge on any atom is 0.253 e. The average Bonchev–Trinajstić information content (AvgIpc) is 2.96. The summed E-state index contributed by atoms with van der Waals surface area (Å²) in [6.45, 7) is 3.37. The Bertz CT molecular complexity index is 648. The summed E-state index contributed by atoms with van der Waals surface area (Å²) >= 11 is 0. The first-order valence-electron chi connectivity index (χ1n) is 7.26. The Balaban J connectivity index is 0.00000132. The van der Waals surface area contributed by atoms with Gasteiger partial charge in [0.05, 0.1) is 17.3 Å². The first-order chi connectivity index (χ1) is 9.81. The van der Waals surface area contributed by atoms with E-state index in [4.69, 9.17) is 0 Å². The van der Waals surface area contributed by atoms with Crippen molar-refractivity contribution in [2.45, 2.75) is 18.9 Å². The van der Waals surface area contributed by atoms with Gasteiger partial charge in [-0.25, -0.2) is 0 Å². The van der Waals surface area contributed by atoms with Gasteiger partial charge >= 0.3 is 0 Å². The molecule has 3 aliphatic rings. The number of para-hydroxylation sites is 1. The molecule has 2 N–H and O–H groups in total. The maximum absolute atomic E-state index is 12.5. The molecule has 1 unspecified atom stereocenters. The minimum absolute atomic E-state index is 0. The Morgan fingerprint density at radius 2 is 2.14 bits per heavy atom. The van der Waals surface area contributed by atoms with Gasteiger partial charge in [0.25, 0.3) is 5.91 Å². The van der Waals surface area contributed by atoms with Crippen molar-refractivity contribution in [1.82, 2.24) is 20.4 Å². The van der Waals surface area contributed by atoms with Crippen LogP contribution in [-0.2, 0) is 0 Å². The van der Waals surface area contributed by atoms with Crippen molar-refractivity contribution < 1.29 is 4.79 Å². The maximum atomic E-state index is 12.5. The van der Waals surface area contributed by atoms with Crippen molar-refractivity contribution in [2.75, 3.05) is 19.6 Å². The van der Waals surface area contributed by atoms with Gasteiger partial charge in [-0.15, -0.1) is 12.4 Å². The molecule has 0 saturated carbocycles. The van der Waals surface area contributed by atoms with Gasteiger partial charge in [-0.2, -0.15) is 5.10 Å². The number of aromatic amines is 1. The van der Waals surface area contributed by atoms with Gasteiger partial charge < -0.3 is 10.2 Å². The number of rotatable bonds is 2. The van der Waals surface area contributed by atoms with E-state index in [-0.39, 0.29) is 18.3 Å². The van der Waals surface area contributed by atoms with E-state index in [1.807, 2.05) is 18.2 Å². The summed E-state index contributed by atoms with van der Waals surface area (Å²) in [6, 6.07) is 6.02. The molecule has 1 amide bonds. The Morgan fingerprint density at radius 1 is 1.33 bits per heavy atom. The van der Waals surface area contributed by atoms with Gasteiger partial charge in [0, 0.05) is 18.0 Å². The van der Waals surface area contributed by atoms with E-state index in [1.54, 1.807) is 6.20 Å². The van der Waals surface area contributed by atoms with Crippen molar-refractivity contribution in [3.8, 4) is 0 Å². The molecule has 1 atom stereocenters. The SMILES string of the molecule is Cl.O=C(NC1CN2CCC1CC2)c1cccc2cn[nH]c12. The van der Waals surface area contributed by atoms with Crippen LogP contribution in [0, 0.1) is 5.92 Å². The fourth-order valence-electron chi connectivity index (χ4n) is 3.53. The Morgan fingerprint density at radius 3 is 2.86 bits per heavy atom. The number of piperidine rings is 3. The molecule has 0 aliphatic carbocycles. The number of nitrogens with one attached hydrogen (secondary N) is 2. The zero-order chi connectivity index (χ0) is 13.5. The standard InChI is InChI=1S/C15H18N4O.ClH/c20-15(12-3-1-2-11-8-16-18-14(11)12)17-13-9-19-6-4-10(13)5-7-19;/h1-3,8,10,13H,4-7,9H2,(H,16,18)(H,17,20);1H. The third-order valence-electron chi connectivity index (χ3n) is 4.69. The van der Waals surface area contributed by atoms with Crippen LogP contribution in [-0.4, -0.2) is 46.7 Å². The fourth-order valence-corrected chi connectivity index (χ4v) is 3.53. The van der Waals surface area contributed by atoms with E-state index in [0.29, 0.717) is 17.5 Å². The molecule has 4 heterocycles. The molecule has 6 heteroatoms. The molecule has 112 valence electrons. The van der Waals surface area contributed by atoms with Gasteiger partial charge in [0.1, 0.15) is 0 Å². The van der Waals surface area contributed by atoms with Crippen LogP contribution < -0.4 is 5.32 Å². The predicted molar refractivity (Wildman–Crippen MR) is 83.8 cm³/mol. The summed E-state index contributed by atoms with van der Waals surface area (Å²) in [5.41, 5.74) is 1.52. The molecule has 3 saturated heterocycles. The molecule has 5 rings (SSSR count). The summed E-state index contributed by atoms with van der Waals surface area (Å²) in [7, 11) is 0. The predicted octanol–water partition coefficient (Wildman–Crippen LogP) is 1.81. The van der Waals surface area contributed by atoms with Crippen LogP contribution in [0.15, 0.2) is 24.4 Å². The topological polar surface area (TPSA) is 61.0 Å². The largest absolute Gasteiger partial charge is 0.348 e. The number of amides is 1. The second kappa shape index (κ2) is 5.66. The summed E-state index contributed by atoms with van der Waals surface area (Å²) in [5, 5.41) is 11.1. The minimum atomic E-state index is 0. The normalized spacial score (nSPS) is 27.3. The highest BCUT2D eigenvalue weighted by Gasteiger charge is 2.35. The zero-order valence-corrected chi connectivity index (χ0v) is 12.5. The van der Waals surface area contributed by atoms with E-state index in [9.17, 15) is 4.79 Å². The number of hydrogen-bond donors (Lipinski definition) is 2. The smallest absolute Gasteiger partial charge is 0.253 e. The Labute approximate surface area is 129 Å². The Kier molecular flexibility index (Phi) is 3.87. The van der Waals surface area contributed by atoms with Crippen LogP contribution in [0.2, 0.25) is 0 Å². The molecular formula is C15H19ClN4O. The Hall–Kier alpha value is -1.59. The highest BCUT2D eigenvalue weighted by atomic mass is 35.5. The minimum Gasteiger partial charge on any atom is -0.348 e. The lowest BCUT2D eigenvalue weighted by Crippen LogP contribution is -2.57. The van der Waals surface area contributed by atoms with Crippen LogP contribution in [0.1, 0.15) is 23.2 Å². The lowest BCUT2D eigenvalue weighted by molar-refractivity contribution is 0.0621. The second-order valence-corrected chi connectivity index (χ2v) is 5.86. The number of nitrogens with zero attached hydrogens (tertiary/aromatic N) is 2. The molecule has 0 radical (unpaired) electrons. The molecule has 2 bridgehead atoms. The highest BCUT2D eigenvalue weighted by Crippen LogP contribution is 2.28. The van der Waals surface area contributed by atoms with Gasteiger partial charge in [0.2, 0.25) is 0 Å². The van der Waals surface area contributed by atoms with Gasteiger partial charge in [0.15, 0.2) is 0 Å². The number of benzene rings is 1. The summed E-state index contributed by atoms with van der Waals surface area (Å²) < 4.78 is 0. The average molecular weight is 307 g/mol.